The highest BCUT2D eigenvalue weighted by Gasteiger charge is 2.35. The quantitative estimate of drug-likeness (QED) is 0.739. The minimum absolute atomic E-state index is 0.0424. The van der Waals surface area contributed by atoms with Gasteiger partial charge < -0.3 is 24.4 Å². The van der Waals surface area contributed by atoms with E-state index in [0.717, 1.165) is 62.6 Å². The molecule has 0 aromatic carbocycles. The molecule has 4 rings (SSSR count). The maximum atomic E-state index is 12.6. The second-order valence-electron chi connectivity index (χ2n) is 10.0. The van der Waals surface area contributed by atoms with Crippen LogP contribution in [0.1, 0.15) is 64.3 Å². The summed E-state index contributed by atoms with van der Waals surface area (Å²) in [6, 6.07) is -0.103. The number of nitrogens with zero attached hydrogens (tertiary/aromatic N) is 3. The molecular weight excluding hydrogens is 396 g/mol. The van der Waals surface area contributed by atoms with E-state index in [1.165, 1.54) is 0 Å². The number of nitrogens with one attached hydrogen (secondary N) is 1. The van der Waals surface area contributed by atoms with Crippen LogP contribution in [0.5, 0.6) is 0 Å². The highest BCUT2D eigenvalue weighted by atomic mass is 16.5. The molecule has 1 aromatic heterocycles. The summed E-state index contributed by atoms with van der Waals surface area (Å²) in [5, 5.41) is 3.15. The molecule has 1 N–H and O–H groups in total. The summed E-state index contributed by atoms with van der Waals surface area (Å²) < 4.78 is 17.0. The number of carbonyl (C=O) groups is 1. The molecule has 1 amide bonds. The van der Waals surface area contributed by atoms with E-state index in [0.29, 0.717) is 6.61 Å². The lowest BCUT2D eigenvalue weighted by atomic mass is 9.74. The van der Waals surface area contributed by atoms with Crippen LogP contribution in [0.25, 0.3) is 0 Å². The first kappa shape index (κ1) is 22.4. The standard InChI is InChI=1S/C23H36N4O4/c1-15-11-27(12-16(2)31-15)22-24-10-18-19(8-23(3,4)9-20(18)26-22)25-21(28)14-29-13-17-6-5-7-30-17/h10,15-17,19H,5-9,11-14H2,1-4H3,(H,25,28). The predicted molar refractivity (Wildman–Crippen MR) is 117 cm³/mol. The van der Waals surface area contributed by atoms with Crippen molar-refractivity contribution < 1.29 is 19.0 Å². The summed E-state index contributed by atoms with van der Waals surface area (Å²) in [6.45, 7) is 11.5. The summed E-state index contributed by atoms with van der Waals surface area (Å²) in [6.07, 6.45) is 6.13. The molecule has 2 saturated heterocycles. The smallest absolute Gasteiger partial charge is 0.246 e. The van der Waals surface area contributed by atoms with Gasteiger partial charge in [0.1, 0.15) is 6.61 Å². The van der Waals surface area contributed by atoms with Gasteiger partial charge in [-0.3, -0.25) is 4.79 Å². The van der Waals surface area contributed by atoms with Crippen LogP contribution >= 0.6 is 0 Å². The number of morpholine rings is 1. The van der Waals surface area contributed by atoms with Crippen molar-refractivity contribution in [1.82, 2.24) is 15.3 Å². The zero-order valence-electron chi connectivity index (χ0n) is 19.2. The number of anilines is 1. The molecule has 172 valence electrons. The maximum Gasteiger partial charge on any atom is 0.246 e. The summed E-state index contributed by atoms with van der Waals surface area (Å²) in [5.41, 5.74) is 2.09. The van der Waals surface area contributed by atoms with Gasteiger partial charge in [0.2, 0.25) is 11.9 Å². The Morgan fingerprint density at radius 2 is 2.10 bits per heavy atom. The lowest BCUT2D eigenvalue weighted by Gasteiger charge is -2.38. The van der Waals surface area contributed by atoms with Crippen molar-refractivity contribution >= 4 is 11.9 Å². The number of hydrogen-bond acceptors (Lipinski definition) is 7. The third-order valence-corrected chi connectivity index (χ3v) is 6.26. The largest absolute Gasteiger partial charge is 0.376 e. The first-order valence-electron chi connectivity index (χ1n) is 11.5. The van der Waals surface area contributed by atoms with E-state index in [9.17, 15) is 4.79 Å². The van der Waals surface area contributed by atoms with Gasteiger partial charge in [0.15, 0.2) is 0 Å². The first-order chi connectivity index (χ1) is 14.8. The Bertz CT molecular complexity index is 771. The van der Waals surface area contributed by atoms with E-state index < -0.39 is 0 Å². The molecule has 2 fully saturated rings. The highest BCUT2D eigenvalue weighted by molar-refractivity contribution is 5.77. The third-order valence-electron chi connectivity index (χ3n) is 6.26. The van der Waals surface area contributed by atoms with Gasteiger partial charge in [-0.1, -0.05) is 13.8 Å². The van der Waals surface area contributed by atoms with Crippen LogP contribution in [-0.4, -0.2) is 67.1 Å². The number of aromatic nitrogens is 2. The Labute approximate surface area is 185 Å². The molecule has 1 aromatic rings. The summed E-state index contributed by atoms with van der Waals surface area (Å²) in [5.74, 6) is 0.648. The topological polar surface area (TPSA) is 85.8 Å². The summed E-state index contributed by atoms with van der Waals surface area (Å²) >= 11 is 0. The van der Waals surface area contributed by atoms with Crippen LogP contribution in [0.3, 0.4) is 0 Å². The number of hydrogen-bond donors (Lipinski definition) is 1. The van der Waals surface area contributed by atoms with Gasteiger partial charge in [-0.2, -0.15) is 0 Å². The molecule has 2 aliphatic heterocycles. The summed E-state index contributed by atoms with van der Waals surface area (Å²) in [7, 11) is 0. The van der Waals surface area contributed by atoms with E-state index in [1.807, 2.05) is 6.20 Å². The van der Waals surface area contributed by atoms with Crippen molar-refractivity contribution in [2.75, 3.05) is 37.8 Å². The van der Waals surface area contributed by atoms with Crippen molar-refractivity contribution in [1.29, 1.82) is 0 Å². The highest BCUT2D eigenvalue weighted by Crippen LogP contribution is 2.40. The van der Waals surface area contributed by atoms with Crippen LogP contribution in [-0.2, 0) is 25.4 Å². The second kappa shape index (κ2) is 9.38. The maximum absolute atomic E-state index is 12.6. The van der Waals surface area contributed by atoms with Gasteiger partial charge in [-0.15, -0.1) is 0 Å². The number of carbonyl (C=O) groups excluding carboxylic acids is 1. The zero-order valence-corrected chi connectivity index (χ0v) is 19.2. The fraction of sp³-hybridized carbons (Fsp3) is 0.783. The molecule has 4 atom stereocenters. The van der Waals surface area contributed by atoms with Gasteiger partial charge in [0.05, 0.1) is 36.7 Å². The van der Waals surface area contributed by atoms with Gasteiger partial charge in [-0.05, 0) is 44.9 Å². The van der Waals surface area contributed by atoms with Crippen molar-refractivity contribution in [2.24, 2.45) is 5.41 Å². The second-order valence-corrected chi connectivity index (χ2v) is 10.0. The fourth-order valence-corrected chi connectivity index (χ4v) is 4.95. The van der Waals surface area contributed by atoms with E-state index in [-0.39, 0.29) is 42.3 Å². The molecule has 31 heavy (non-hydrogen) atoms. The van der Waals surface area contributed by atoms with Crippen LogP contribution < -0.4 is 10.2 Å². The summed E-state index contributed by atoms with van der Waals surface area (Å²) in [4.78, 5) is 24.4. The average molecular weight is 433 g/mol. The van der Waals surface area contributed by atoms with E-state index >= 15 is 0 Å². The molecule has 0 radical (unpaired) electrons. The van der Waals surface area contributed by atoms with Crippen molar-refractivity contribution in [3.63, 3.8) is 0 Å². The normalized spacial score (nSPS) is 30.1. The minimum Gasteiger partial charge on any atom is -0.376 e. The number of fused-ring (bicyclic) bond motifs is 1. The van der Waals surface area contributed by atoms with Crippen LogP contribution in [0.4, 0.5) is 5.95 Å². The Hall–Kier alpha value is -1.77. The minimum atomic E-state index is -0.105. The molecular formula is C23H36N4O4. The molecule has 3 aliphatic rings. The molecule has 1 aliphatic carbocycles. The molecule has 8 nitrogen and oxygen atoms in total. The van der Waals surface area contributed by atoms with Gasteiger partial charge in [-0.25, -0.2) is 9.97 Å². The van der Waals surface area contributed by atoms with E-state index in [4.69, 9.17) is 19.2 Å². The Morgan fingerprint density at radius 1 is 1.32 bits per heavy atom. The van der Waals surface area contributed by atoms with Crippen molar-refractivity contribution in [2.45, 2.75) is 77.7 Å². The Kier molecular flexibility index (Phi) is 6.79. The van der Waals surface area contributed by atoms with Gasteiger partial charge in [0.25, 0.3) is 0 Å². The predicted octanol–water partition coefficient (Wildman–Crippen LogP) is 2.42. The van der Waals surface area contributed by atoms with E-state index in [2.05, 4.69) is 42.9 Å². The molecule has 3 heterocycles. The van der Waals surface area contributed by atoms with Crippen molar-refractivity contribution in [3.05, 3.63) is 17.5 Å². The Balaban J connectivity index is 1.42. The SMILES string of the molecule is CC1CN(c2ncc3c(n2)CC(C)(C)CC3NC(=O)COCC2CCCO2)CC(C)O1. The van der Waals surface area contributed by atoms with Crippen LogP contribution in [0.15, 0.2) is 6.20 Å². The lowest BCUT2D eigenvalue weighted by Crippen LogP contribution is -2.46. The van der Waals surface area contributed by atoms with Gasteiger partial charge >= 0.3 is 0 Å². The third kappa shape index (κ3) is 5.73. The molecule has 4 unspecified atom stereocenters. The number of ether oxygens (including phenoxy) is 3. The number of amides is 1. The first-order valence-corrected chi connectivity index (χ1v) is 11.5. The van der Waals surface area contributed by atoms with Crippen LogP contribution in [0, 0.1) is 5.41 Å². The van der Waals surface area contributed by atoms with E-state index in [1.54, 1.807) is 0 Å². The fourth-order valence-electron chi connectivity index (χ4n) is 4.95. The molecule has 0 spiro atoms. The van der Waals surface area contributed by atoms with Gasteiger partial charge in [0, 0.05) is 31.5 Å². The molecule has 0 saturated carbocycles. The lowest BCUT2D eigenvalue weighted by molar-refractivity contribution is -0.127. The van der Waals surface area contributed by atoms with Crippen molar-refractivity contribution in [3.8, 4) is 0 Å². The monoisotopic (exact) mass is 432 g/mol. The Morgan fingerprint density at radius 3 is 2.81 bits per heavy atom. The number of rotatable bonds is 6. The zero-order chi connectivity index (χ0) is 22.0. The average Bonchev–Trinajstić information content (AvgIpc) is 3.19. The molecule has 0 bridgehead atoms. The van der Waals surface area contributed by atoms with Crippen LogP contribution in [0.2, 0.25) is 0 Å². The molecule has 8 heteroatoms.